The van der Waals surface area contributed by atoms with Gasteiger partial charge in [-0.05, 0) is 34.6 Å². The molecule has 0 aliphatic rings. The van der Waals surface area contributed by atoms with Crippen LogP contribution in [0.25, 0.3) is 0 Å². The maximum absolute atomic E-state index is 11.4. The molecular formula is C11H23NO3. The van der Waals surface area contributed by atoms with Gasteiger partial charge < -0.3 is 14.8 Å². The van der Waals surface area contributed by atoms with Gasteiger partial charge in [0, 0.05) is 12.6 Å². The minimum Gasteiger partial charge on any atom is -0.380 e. The summed E-state index contributed by atoms with van der Waals surface area (Å²) in [5, 5.41) is 2.80. The van der Waals surface area contributed by atoms with E-state index in [9.17, 15) is 4.79 Å². The van der Waals surface area contributed by atoms with Crippen LogP contribution in [0.2, 0.25) is 0 Å². The molecule has 0 aliphatic carbocycles. The molecule has 1 unspecified atom stereocenters. The van der Waals surface area contributed by atoms with Gasteiger partial charge in [0.2, 0.25) is 5.91 Å². The molecule has 0 fully saturated rings. The minimum atomic E-state index is -0.277. The van der Waals surface area contributed by atoms with E-state index in [4.69, 9.17) is 9.47 Å². The predicted molar refractivity (Wildman–Crippen MR) is 59.8 cm³/mol. The number of amides is 1. The van der Waals surface area contributed by atoms with Gasteiger partial charge in [-0.25, -0.2) is 0 Å². The normalized spacial score (nSPS) is 13.7. The molecule has 4 nitrogen and oxygen atoms in total. The second-order valence-electron chi connectivity index (χ2n) is 4.53. The first-order valence-electron chi connectivity index (χ1n) is 5.36. The molecule has 1 amide bonds. The Bertz CT molecular complexity index is 187. The first kappa shape index (κ1) is 14.4. The van der Waals surface area contributed by atoms with E-state index in [1.165, 1.54) is 0 Å². The molecule has 1 N–H and O–H groups in total. The second kappa shape index (κ2) is 6.80. The van der Waals surface area contributed by atoms with Crippen LogP contribution in [0.5, 0.6) is 0 Å². The molecule has 0 aromatic rings. The summed E-state index contributed by atoms with van der Waals surface area (Å²) in [4.78, 5) is 11.4. The molecule has 0 radical (unpaired) electrons. The lowest BCUT2D eigenvalue weighted by Gasteiger charge is -2.20. The van der Waals surface area contributed by atoms with Gasteiger partial charge in [-0.2, -0.15) is 0 Å². The number of hydrogen-bond donors (Lipinski definition) is 1. The van der Waals surface area contributed by atoms with Crippen LogP contribution in [-0.4, -0.2) is 37.4 Å². The standard InChI is InChI=1S/C11H23NO3/c1-6-14-7-9(2)12-10(13)8-15-11(3,4)5/h9H,6-8H2,1-5H3,(H,12,13). The van der Waals surface area contributed by atoms with Crippen molar-refractivity contribution in [3.63, 3.8) is 0 Å². The van der Waals surface area contributed by atoms with E-state index in [-0.39, 0.29) is 24.2 Å². The van der Waals surface area contributed by atoms with E-state index < -0.39 is 0 Å². The van der Waals surface area contributed by atoms with Gasteiger partial charge in [0.05, 0.1) is 12.2 Å². The van der Waals surface area contributed by atoms with Crippen molar-refractivity contribution in [3.05, 3.63) is 0 Å². The third kappa shape index (κ3) is 9.69. The number of carbonyl (C=O) groups is 1. The monoisotopic (exact) mass is 217 g/mol. The van der Waals surface area contributed by atoms with Crippen LogP contribution >= 0.6 is 0 Å². The highest BCUT2D eigenvalue weighted by Gasteiger charge is 2.14. The van der Waals surface area contributed by atoms with E-state index >= 15 is 0 Å². The molecule has 0 spiro atoms. The van der Waals surface area contributed by atoms with Crippen molar-refractivity contribution in [2.24, 2.45) is 0 Å². The fourth-order valence-electron chi connectivity index (χ4n) is 0.935. The average molecular weight is 217 g/mol. The Morgan fingerprint density at radius 2 is 2.00 bits per heavy atom. The van der Waals surface area contributed by atoms with E-state index in [1.807, 2.05) is 34.6 Å². The van der Waals surface area contributed by atoms with Gasteiger partial charge in [0.25, 0.3) is 0 Å². The number of ether oxygens (including phenoxy) is 2. The van der Waals surface area contributed by atoms with Crippen molar-refractivity contribution in [2.45, 2.75) is 46.3 Å². The molecule has 0 saturated carbocycles. The maximum Gasteiger partial charge on any atom is 0.246 e. The molecule has 0 heterocycles. The van der Waals surface area contributed by atoms with Gasteiger partial charge in [0.1, 0.15) is 6.61 Å². The zero-order chi connectivity index (χ0) is 11.9. The summed E-state index contributed by atoms with van der Waals surface area (Å²) >= 11 is 0. The molecule has 15 heavy (non-hydrogen) atoms. The lowest BCUT2D eigenvalue weighted by Crippen LogP contribution is -2.39. The first-order valence-corrected chi connectivity index (χ1v) is 5.36. The van der Waals surface area contributed by atoms with Crippen LogP contribution in [0, 0.1) is 0 Å². The van der Waals surface area contributed by atoms with Crippen molar-refractivity contribution < 1.29 is 14.3 Å². The fourth-order valence-corrected chi connectivity index (χ4v) is 0.935. The Balaban J connectivity index is 3.64. The molecule has 0 aliphatic heterocycles. The smallest absolute Gasteiger partial charge is 0.246 e. The second-order valence-corrected chi connectivity index (χ2v) is 4.53. The first-order chi connectivity index (χ1) is 6.85. The lowest BCUT2D eigenvalue weighted by molar-refractivity contribution is -0.131. The van der Waals surface area contributed by atoms with Crippen LogP contribution in [-0.2, 0) is 14.3 Å². The van der Waals surface area contributed by atoms with Crippen molar-refractivity contribution in [1.82, 2.24) is 5.32 Å². The summed E-state index contributed by atoms with van der Waals surface area (Å²) < 4.78 is 10.5. The van der Waals surface area contributed by atoms with E-state index in [0.29, 0.717) is 13.2 Å². The topological polar surface area (TPSA) is 47.6 Å². The Labute approximate surface area is 92.3 Å². The number of carbonyl (C=O) groups excluding carboxylic acids is 1. The van der Waals surface area contributed by atoms with Crippen LogP contribution < -0.4 is 5.32 Å². The van der Waals surface area contributed by atoms with Gasteiger partial charge in [-0.1, -0.05) is 0 Å². The number of hydrogen-bond acceptors (Lipinski definition) is 3. The summed E-state index contributed by atoms with van der Waals surface area (Å²) in [7, 11) is 0. The largest absolute Gasteiger partial charge is 0.380 e. The summed E-state index contributed by atoms with van der Waals surface area (Å²) in [5.74, 6) is -0.0999. The quantitative estimate of drug-likeness (QED) is 0.730. The predicted octanol–water partition coefficient (Wildman–Crippen LogP) is 1.34. The molecule has 0 saturated heterocycles. The Kier molecular flexibility index (Phi) is 6.52. The molecule has 0 bridgehead atoms. The van der Waals surface area contributed by atoms with Crippen molar-refractivity contribution in [3.8, 4) is 0 Å². The highest BCUT2D eigenvalue weighted by molar-refractivity contribution is 5.77. The Hall–Kier alpha value is -0.610. The van der Waals surface area contributed by atoms with Gasteiger partial charge >= 0.3 is 0 Å². The van der Waals surface area contributed by atoms with Crippen molar-refractivity contribution in [2.75, 3.05) is 19.8 Å². The Morgan fingerprint density at radius 3 is 2.47 bits per heavy atom. The molecule has 0 aromatic carbocycles. The zero-order valence-electron chi connectivity index (χ0n) is 10.4. The van der Waals surface area contributed by atoms with Gasteiger partial charge in [-0.3, -0.25) is 4.79 Å². The fraction of sp³-hybridized carbons (Fsp3) is 0.909. The number of rotatable bonds is 6. The van der Waals surface area contributed by atoms with Gasteiger partial charge in [0.15, 0.2) is 0 Å². The highest BCUT2D eigenvalue weighted by atomic mass is 16.5. The highest BCUT2D eigenvalue weighted by Crippen LogP contribution is 2.05. The summed E-state index contributed by atoms with van der Waals surface area (Å²) in [6, 6.07) is 0.0287. The molecule has 0 rings (SSSR count). The lowest BCUT2D eigenvalue weighted by atomic mass is 10.2. The minimum absolute atomic E-state index is 0.0287. The van der Waals surface area contributed by atoms with E-state index in [1.54, 1.807) is 0 Å². The summed E-state index contributed by atoms with van der Waals surface area (Å²) in [5.41, 5.74) is -0.277. The van der Waals surface area contributed by atoms with Gasteiger partial charge in [-0.15, -0.1) is 0 Å². The molecular weight excluding hydrogens is 194 g/mol. The molecule has 1 atom stereocenters. The van der Waals surface area contributed by atoms with Crippen LogP contribution in [0.4, 0.5) is 0 Å². The number of nitrogens with one attached hydrogen (secondary N) is 1. The third-order valence-electron chi connectivity index (χ3n) is 1.62. The summed E-state index contributed by atoms with van der Waals surface area (Å²) in [6.45, 7) is 10.9. The van der Waals surface area contributed by atoms with Crippen LogP contribution in [0.15, 0.2) is 0 Å². The maximum atomic E-state index is 11.4. The molecule has 4 heteroatoms. The Morgan fingerprint density at radius 1 is 1.40 bits per heavy atom. The van der Waals surface area contributed by atoms with E-state index in [2.05, 4.69) is 5.32 Å². The third-order valence-corrected chi connectivity index (χ3v) is 1.62. The average Bonchev–Trinajstić information content (AvgIpc) is 2.10. The van der Waals surface area contributed by atoms with Crippen LogP contribution in [0.3, 0.4) is 0 Å². The van der Waals surface area contributed by atoms with Crippen LogP contribution in [0.1, 0.15) is 34.6 Å². The SMILES string of the molecule is CCOCC(C)NC(=O)COC(C)(C)C. The molecule has 0 aromatic heterocycles. The molecule has 90 valence electrons. The van der Waals surface area contributed by atoms with Crippen molar-refractivity contribution >= 4 is 5.91 Å². The zero-order valence-corrected chi connectivity index (χ0v) is 10.4. The van der Waals surface area contributed by atoms with Crippen molar-refractivity contribution in [1.29, 1.82) is 0 Å². The van der Waals surface area contributed by atoms with E-state index in [0.717, 1.165) is 0 Å². The summed E-state index contributed by atoms with van der Waals surface area (Å²) in [6.07, 6.45) is 0.